The van der Waals surface area contributed by atoms with E-state index < -0.39 is 0 Å². The highest BCUT2D eigenvalue weighted by molar-refractivity contribution is 7.71. The number of aromatic nitrogens is 3. The van der Waals surface area contributed by atoms with Crippen LogP contribution in [0.25, 0.3) is 11.4 Å². The van der Waals surface area contributed by atoms with Crippen molar-refractivity contribution >= 4 is 24.1 Å². The van der Waals surface area contributed by atoms with Crippen LogP contribution in [0.15, 0.2) is 53.6 Å². The molecule has 0 radical (unpaired) electrons. The molecule has 1 aromatic heterocycles. The minimum absolute atomic E-state index is 0.430. The van der Waals surface area contributed by atoms with Crippen molar-refractivity contribution < 1.29 is 4.74 Å². The van der Waals surface area contributed by atoms with Gasteiger partial charge in [-0.15, -0.1) is 0 Å². The van der Waals surface area contributed by atoms with E-state index in [4.69, 9.17) is 17.0 Å². The van der Waals surface area contributed by atoms with Gasteiger partial charge in [0.05, 0.1) is 12.8 Å². The maximum Gasteiger partial charge on any atom is 0.216 e. The van der Waals surface area contributed by atoms with Gasteiger partial charge in [-0.25, -0.2) is 10.6 Å². The number of aromatic amines is 1. The highest BCUT2D eigenvalue weighted by atomic mass is 32.1. The van der Waals surface area contributed by atoms with Gasteiger partial charge in [-0.1, -0.05) is 12.1 Å². The summed E-state index contributed by atoms with van der Waals surface area (Å²) in [6.45, 7) is 2.58. The van der Waals surface area contributed by atoms with Gasteiger partial charge in [-0.2, -0.15) is 14.9 Å². The molecule has 0 aliphatic heterocycles. The molecular formula is C19H22N6OS. The smallest absolute Gasteiger partial charge is 0.216 e. The monoisotopic (exact) mass is 382 g/mol. The summed E-state index contributed by atoms with van der Waals surface area (Å²) in [4.78, 5) is 2.05. The Labute approximate surface area is 163 Å². The second kappa shape index (κ2) is 8.50. The van der Waals surface area contributed by atoms with Crippen molar-refractivity contribution in [2.45, 2.75) is 6.92 Å². The third kappa shape index (κ3) is 4.53. The molecule has 0 saturated heterocycles. The number of hydrazone groups is 1. The number of H-pyrrole nitrogens is 1. The highest BCUT2D eigenvalue weighted by Gasteiger charge is 2.08. The fourth-order valence-corrected chi connectivity index (χ4v) is 2.64. The van der Waals surface area contributed by atoms with E-state index in [2.05, 4.69) is 20.8 Å². The molecule has 0 atom stereocenters. The molecule has 0 saturated carbocycles. The molecule has 3 rings (SSSR count). The van der Waals surface area contributed by atoms with E-state index in [1.807, 2.05) is 74.4 Å². The SMILES string of the molecule is CCOc1ccc(-c2n[nH]c(=S)n2N/N=C\c2ccc(N(C)C)cc2)cc1. The predicted octanol–water partition coefficient (Wildman–Crippen LogP) is 3.65. The first-order chi connectivity index (χ1) is 13.1. The summed E-state index contributed by atoms with van der Waals surface area (Å²) in [5.74, 6) is 1.46. The Balaban J connectivity index is 1.75. The van der Waals surface area contributed by atoms with Gasteiger partial charge in [0.2, 0.25) is 4.77 Å². The third-order valence-electron chi connectivity index (χ3n) is 3.88. The summed E-state index contributed by atoms with van der Waals surface area (Å²) in [5, 5.41) is 11.3. The number of rotatable bonds is 7. The minimum atomic E-state index is 0.430. The number of nitrogens with one attached hydrogen (secondary N) is 2. The molecule has 140 valence electrons. The summed E-state index contributed by atoms with van der Waals surface area (Å²) in [7, 11) is 4.02. The molecule has 2 aromatic carbocycles. The van der Waals surface area contributed by atoms with Crippen LogP contribution in [0.1, 0.15) is 12.5 Å². The number of benzene rings is 2. The van der Waals surface area contributed by atoms with Crippen molar-refractivity contribution in [3.8, 4) is 17.1 Å². The zero-order chi connectivity index (χ0) is 19.2. The van der Waals surface area contributed by atoms with E-state index in [0.717, 1.165) is 22.6 Å². The molecule has 0 aliphatic rings. The third-order valence-corrected chi connectivity index (χ3v) is 4.15. The van der Waals surface area contributed by atoms with Crippen LogP contribution in [-0.4, -0.2) is 41.8 Å². The Morgan fingerprint density at radius 1 is 1.19 bits per heavy atom. The van der Waals surface area contributed by atoms with Crippen molar-refractivity contribution in [3.63, 3.8) is 0 Å². The molecule has 7 nitrogen and oxygen atoms in total. The molecule has 0 bridgehead atoms. The Kier molecular flexibility index (Phi) is 5.87. The summed E-state index contributed by atoms with van der Waals surface area (Å²) in [6, 6.07) is 15.7. The molecule has 27 heavy (non-hydrogen) atoms. The van der Waals surface area contributed by atoms with Crippen molar-refractivity contribution in [2.24, 2.45) is 5.10 Å². The maximum atomic E-state index is 5.47. The van der Waals surface area contributed by atoms with Crippen LogP contribution in [-0.2, 0) is 0 Å². The number of nitrogens with zero attached hydrogens (tertiary/aromatic N) is 4. The van der Waals surface area contributed by atoms with Crippen LogP contribution in [0.2, 0.25) is 0 Å². The second-order valence-corrected chi connectivity index (χ2v) is 6.38. The molecule has 1 heterocycles. The largest absolute Gasteiger partial charge is 0.494 e. The van der Waals surface area contributed by atoms with Gasteiger partial charge >= 0.3 is 0 Å². The topological polar surface area (TPSA) is 70.5 Å². The standard InChI is InChI=1S/C19H22N6OS/c1-4-26-17-11-7-15(8-12-17)18-21-22-19(27)25(18)23-20-13-14-5-9-16(10-6-14)24(2)3/h5-13,23H,4H2,1-3H3,(H,22,27)/b20-13-. The van der Waals surface area contributed by atoms with Gasteiger partial charge < -0.3 is 9.64 Å². The molecule has 0 spiro atoms. The number of anilines is 1. The second-order valence-electron chi connectivity index (χ2n) is 5.99. The Morgan fingerprint density at radius 2 is 1.89 bits per heavy atom. The van der Waals surface area contributed by atoms with Gasteiger partial charge in [0.1, 0.15) is 5.75 Å². The predicted molar refractivity (Wildman–Crippen MR) is 112 cm³/mol. The lowest BCUT2D eigenvalue weighted by Gasteiger charge is -2.11. The van der Waals surface area contributed by atoms with Gasteiger partial charge in [0.15, 0.2) is 5.82 Å². The van der Waals surface area contributed by atoms with Gasteiger partial charge in [0.25, 0.3) is 0 Å². The van der Waals surface area contributed by atoms with Gasteiger partial charge in [-0.05, 0) is 61.1 Å². The number of hydrogen-bond acceptors (Lipinski definition) is 6. The molecule has 0 aliphatic carbocycles. The molecular weight excluding hydrogens is 360 g/mol. The average Bonchev–Trinajstić information content (AvgIpc) is 3.04. The first-order valence-corrected chi connectivity index (χ1v) is 8.96. The zero-order valence-electron chi connectivity index (χ0n) is 15.5. The Bertz CT molecular complexity index is 957. The molecule has 0 fully saturated rings. The molecule has 8 heteroatoms. The van der Waals surface area contributed by atoms with Gasteiger partial charge in [0, 0.05) is 25.3 Å². The quantitative estimate of drug-likeness (QED) is 0.371. The summed E-state index contributed by atoms with van der Waals surface area (Å²) >= 11 is 5.29. The normalized spacial score (nSPS) is 10.9. The van der Waals surface area contributed by atoms with E-state index >= 15 is 0 Å². The Hall–Kier alpha value is -3.13. The van der Waals surface area contributed by atoms with E-state index in [1.165, 1.54) is 0 Å². The summed E-state index contributed by atoms with van der Waals surface area (Å²) in [5.41, 5.74) is 5.94. The zero-order valence-corrected chi connectivity index (χ0v) is 16.3. The van der Waals surface area contributed by atoms with Crippen LogP contribution >= 0.6 is 12.2 Å². The number of hydrogen-bond donors (Lipinski definition) is 2. The van der Waals surface area contributed by atoms with Crippen LogP contribution in [0.3, 0.4) is 0 Å². The van der Waals surface area contributed by atoms with Crippen molar-refractivity contribution in [2.75, 3.05) is 31.1 Å². The molecule has 3 aromatic rings. The lowest BCUT2D eigenvalue weighted by atomic mass is 10.2. The fourth-order valence-electron chi connectivity index (χ4n) is 2.47. The molecule has 0 amide bonds. The van der Waals surface area contributed by atoms with Crippen molar-refractivity contribution in [1.82, 2.24) is 14.9 Å². The van der Waals surface area contributed by atoms with E-state index in [0.29, 0.717) is 17.2 Å². The summed E-state index contributed by atoms with van der Waals surface area (Å²) < 4.78 is 7.52. The maximum absolute atomic E-state index is 5.47. The van der Waals surface area contributed by atoms with Crippen LogP contribution in [0.5, 0.6) is 5.75 Å². The lowest BCUT2D eigenvalue weighted by Crippen LogP contribution is -2.11. The molecule has 2 N–H and O–H groups in total. The summed E-state index contributed by atoms with van der Waals surface area (Å²) in [6.07, 6.45) is 1.73. The molecule has 0 unspecified atom stereocenters. The van der Waals surface area contributed by atoms with E-state index in [1.54, 1.807) is 10.9 Å². The first kappa shape index (κ1) is 18.7. The Morgan fingerprint density at radius 3 is 2.52 bits per heavy atom. The van der Waals surface area contributed by atoms with Crippen LogP contribution in [0, 0.1) is 4.77 Å². The van der Waals surface area contributed by atoms with Crippen LogP contribution in [0.4, 0.5) is 5.69 Å². The highest BCUT2D eigenvalue weighted by Crippen LogP contribution is 2.20. The number of ether oxygens (including phenoxy) is 1. The average molecular weight is 382 g/mol. The first-order valence-electron chi connectivity index (χ1n) is 8.55. The van der Waals surface area contributed by atoms with Crippen LogP contribution < -0.4 is 15.2 Å². The van der Waals surface area contributed by atoms with E-state index in [-0.39, 0.29) is 0 Å². The fraction of sp³-hybridized carbons (Fsp3) is 0.211. The van der Waals surface area contributed by atoms with Gasteiger partial charge in [-0.3, -0.25) is 0 Å². The van der Waals surface area contributed by atoms with E-state index in [9.17, 15) is 0 Å². The van der Waals surface area contributed by atoms with Crippen molar-refractivity contribution in [1.29, 1.82) is 0 Å². The van der Waals surface area contributed by atoms with Crippen molar-refractivity contribution in [3.05, 3.63) is 58.9 Å². The minimum Gasteiger partial charge on any atom is -0.494 e. The lowest BCUT2D eigenvalue weighted by molar-refractivity contribution is 0.340.